The fourth-order valence-corrected chi connectivity index (χ4v) is 2.32. The third kappa shape index (κ3) is 2.98. The van der Waals surface area contributed by atoms with Crippen LogP contribution in [0.4, 0.5) is 0 Å². The number of carbonyl (C=O) groups is 1. The van der Waals surface area contributed by atoms with Crippen LogP contribution in [0.2, 0.25) is 0 Å². The average Bonchev–Trinajstić information content (AvgIpc) is 2.92. The summed E-state index contributed by atoms with van der Waals surface area (Å²) in [6, 6.07) is 3.30. The van der Waals surface area contributed by atoms with Gasteiger partial charge in [-0.1, -0.05) is 0 Å². The molecule has 0 aliphatic rings. The zero-order valence-corrected chi connectivity index (χ0v) is 12.8. The summed E-state index contributed by atoms with van der Waals surface area (Å²) in [6.07, 6.45) is 2.24. The van der Waals surface area contributed by atoms with E-state index in [9.17, 15) is 4.79 Å². The van der Waals surface area contributed by atoms with Gasteiger partial charge in [-0.05, 0) is 35.0 Å². The molecular formula is C13H14BrN3O3. The van der Waals surface area contributed by atoms with Crippen molar-refractivity contribution < 1.29 is 14.3 Å². The number of carbonyl (C=O) groups excluding carboxylic acids is 1. The maximum atomic E-state index is 10.8. The molecule has 0 aliphatic carbocycles. The fraction of sp³-hybridized carbons (Fsp3) is 0.308. The lowest BCUT2D eigenvalue weighted by Crippen LogP contribution is -2.08. The molecule has 106 valence electrons. The summed E-state index contributed by atoms with van der Waals surface area (Å²) in [6.45, 7) is 2.97. The summed E-state index contributed by atoms with van der Waals surface area (Å²) in [5.41, 5.74) is 0.512. The van der Waals surface area contributed by atoms with Gasteiger partial charge < -0.3 is 9.47 Å². The van der Waals surface area contributed by atoms with Crippen molar-refractivity contribution in [3.63, 3.8) is 0 Å². The number of hydrogen-bond acceptors (Lipinski definition) is 5. The molecule has 0 saturated carbocycles. The molecule has 0 N–H and O–H groups in total. The molecule has 0 atom stereocenters. The van der Waals surface area contributed by atoms with Gasteiger partial charge in [-0.2, -0.15) is 5.10 Å². The number of methoxy groups -OCH3 is 1. The summed E-state index contributed by atoms with van der Waals surface area (Å²) >= 11 is 3.37. The molecule has 0 saturated heterocycles. The number of halogens is 1. The third-order valence-electron chi connectivity index (χ3n) is 2.73. The summed E-state index contributed by atoms with van der Waals surface area (Å²) < 4.78 is 13.4. The largest absolute Gasteiger partial charge is 0.493 e. The molecule has 1 aromatic carbocycles. The van der Waals surface area contributed by atoms with Crippen LogP contribution in [0.25, 0.3) is 0 Å². The van der Waals surface area contributed by atoms with Crippen LogP contribution in [0.15, 0.2) is 22.9 Å². The minimum Gasteiger partial charge on any atom is -0.493 e. The topological polar surface area (TPSA) is 66.2 Å². The standard InChI is InChI=1S/C13H14BrN3O3/c1-3-17-12(15-8-16-17)7-20-13-10(14)4-9(6-18)5-11(13)19-2/h4-6,8H,3,7H2,1-2H3. The van der Waals surface area contributed by atoms with Crippen molar-refractivity contribution in [2.75, 3.05) is 7.11 Å². The number of hydrogen-bond donors (Lipinski definition) is 0. The molecule has 0 amide bonds. The number of aromatic nitrogens is 3. The lowest BCUT2D eigenvalue weighted by atomic mass is 10.2. The van der Waals surface area contributed by atoms with Crippen LogP contribution in [0, 0.1) is 0 Å². The lowest BCUT2D eigenvalue weighted by Gasteiger charge is -2.13. The number of nitrogens with zero attached hydrogens (tertiary/aromatic N) is 3. The van der Waals surface area contributed by atoms with Crippen molar-refractivity contribution in [2.24, 2.45) is 0 Å². The first-order chi connectivity index (χ1) is 9.69. The number of aldehydes is 1. The average molecular weight is 340 g/mol. The van der Waals surface area contributed by atoms with Crippen LogP contribution >= 0.6 is 15.9 Å². The zero-order chi connectivity index (χ0) is 14.5. The molecule has 0 radical (unpaired) electrons. The molecular weight excluding hydrogens is 326 g/mol. The summed E-state index contributed by atoms with van der Waals surface area (Å²) in [5.74, 6) is 1.74. The molecule has 6 nitrogen and oxygen atoms in total. The van der Waals surface area contributed by atoms with Crippen molar-refractivity contribution in [2.45, 2.75) is 20.1 Å². The first kappa shape index (κ1) is 14.5. The van der Waals surface area contributed by atoms with Gasteiger partial charge in [0, 0.05) is 12.1 Å². The summed E-state index contributed by atoms with van der Waals surface area (Å²) in [4.78, 5) is 15.0. The molecule has 0 unspecified atom stereocenters. The molecule has 2 aromatic rings. The highest BCUT2D eigenvalue weighted by atomic mass is 79.9. The van der Waals surface area contributed by atoms with E-state index in [1.165, 1.54) is 13.4 Å². The number of ether oxygens (including phenoxy) is 2. The number of rotatable bonds is 6. The Bertz CT molecular complexity index is 613. The molecule has 0 bridgehead atoms. The predicted octanol–water partition coefficient (Wildman–Crippen LogP) is 2.46. The van der Waals surface area contributed by atoms with E-state index in [0.29, 0.717) is 21.5 Å². The fourth-order valence-electron chi connectivity index (χ4n) is 1.75. The van der Waals surface area contributed by atoms with Crippen molar-refractivity contribution in [1.82, 2.24) is 14.8 Å². The maximum absolute atomic E-state index is 10.8. The Morgan fingerprint density at radius 1 is 1.45 bits per heavy atom. The minimum absolute atomic E-state index is 0.267. The Morgan fingerprint density at radius 2 is 2.25 bits per heavy atom. The highest BCUT2D eigenvalue weighted by Crippen LogP contribution is 2.36. The highest BCUT2D eigenvalue weighted by Gasteiger charge is 2.13. The van der Waals surface area contributed by atoms with Gasteiger partial charge in [0.2, 0.25) is 0 Å². The Morgan fingerprint density at radius 3 is 2.90 bits per heavy atom. The lowest BCUT2D eigenvalue weighted by molar-refractivity contribution is 0.112. The van der Waals surface area contributed by atoms with E-state index in [1.807, 2.05) is 6.92 Å². The molecule has 1 heterocycles. The molecule has 0 aliphatic heterocycles. The van der Waals surface area contributed by atoms with E-state index in [4.69, 9.17) is 9.47 Å². The van der Waals surface area contributed by atoms with Crippen molar-refractivity contribution >= 4 is 22.2 Å². The molecule has 2 rings (SSSR count). The van der Waals surface area contributed by atoms with Crippen LogP contribution in [0.5, 0.6) is 11.5 Å². The van der Waals surface area contributed by atoms with Crippen molar-refractivity contribution in [3.8, 4) is 11.5 Å². The van der Waals surface area contributed by atoms with Crippen LogP contribution in [0.1, 0.15) is 23.1 Å². The van der Waals surface area contributed by atoms with Crippen LogP contribution in [-0.4, -0.2) is 28.2 Å². The van der Waals surface area contributed by atoms with E-state index in [2.05, 4.69) is 26.0 Å². The van der Waals surface area contributed by atoms with Gasteiger partial charge in [0.1, 0.15) is 19.2 Å². The molecule has 20 heavy (non-hydrogen) atoms. The van der Waals surface area contributed by atoms with Gasteiger partial charge in [-0.25, -0.2) is 9.67 Å². The van der Waals surface area contributed by atoms with E-state index in [0.717, 1.165) is 18.7 Å². The zero-order valence-electron chi connectivity index (χ0n) is 11.2. The minimum atomic E-state index is 0.267. The second kappa shape index (κ2) is 6.51. The molecule has 7 heteroatoms. The second-order valence-electron chi connectivity index (χ2n) is 3.93. The van der Waals surface area contributed by atoms with Crippen LogP contribution in [0.3, 0.4) is 0 Å². The van der Waals surface area contributed by atoms with Crippen LogP contribution in [-0.2, 0) is 13.2 Å². The summed E-state index contributed by atoms with van der Waals surface area (Å²) in [5, 5.41) is 4.08. The first-order valence-corrected chi connectivity index (χ1v) is 6.81. The normalized spacial score (nSPS) is 10.3. The maximum Gasteiger partial charge on any atom is 0.176 e. The smallest absolute Gasteiger partial charge is 0.176 e. The SMILES string of the molecule is CCn1ncnc1COc1c(Br)cc(C=O)cc1OC. The number of benzene rings is 1. The van der Waals surface area contributed by atoms with Gasteiger partial charge in [0.15, 0.2) is 17.3 Å². The molecule has 0 spiro atoms. The van der Waals surface area contributed by atoms with E-state index in [-0.39, 0.29) is 6.61 Å². The van der Waals surface area contributed by atoms with Gasteiger partial charge in [0.25, 0.3) is 0 Å². The number of aryl methyl sites for hydroxylation is 1. The van der Waals surface area contributed by atoms with Gasteiger partial charge in [-0.3, -0.25) is 4.79 Å². The summed E-state index contributed by atoms with van der Waals surface area (Å²) in [7, 11) is 1.53. The Labute approximate surface area is 124 Å². The van der Waals surface area contributed by atoms with Crippen molar-refractivity contribution in [1.29, 1.82) is 0 Å². The first-order valence-electron chi connectivity index (χ1n) is 6.01. The van der Waals surface area contributed by atoms with E-state index in [1.54, 1.807) is 16.8 Å². The van der Waals surface area contributed by atoms with Gasteiger partial charge >= 0.3 is 0 Å². The monoisotopic (exact) mass is 339 g/mol. The molecule has 1 aromatic heterocycles. The third-order valence-corrected chi connectivity index (χ3v) is 3.32. The van der Waals surface area contributed by atoms with Crippen molar-refractivity contribution in [3.05, 3.63) is 34.3 Å². The predicted molar refractivity (Wildman–Crippen MR) is 76.1 cm³/mol. The van der Waals surface area contributed by atoms with Gasteiger partial charge in [0.05, 0.1) is 11.6 Å². The quantitative estimate of drug-likeness (QED) is 0.756. The molecule has 0 fully saturated rings. The van der Waals surface area contributed by atoms with Crippen LogP contribution < -0.4 is 9.47 Å². The Hall–Kier alpha value is -1.89. The highest BCUT2D eigenvalue weighted by molar-refractivity contribution is 9.10. The Kier molecular flexibility index (Phi) is 4.73. The van der Waals surface area contributed by atoms with E-state index >= 15 is 0 Å². The Balaban J connectivity index is 2.23. The van der Waals surface area contributed by atoms with E-state index < -0.39 is 0 Å². The second-order valence-corrected chi connectivity index (χ2v) is 4.79. The van der Waals surface area contributed by atoms with Gasteiger partial charge in [-0.15, -0.1) is 0 Å².